The lowest BCUT2D eigenvalue weighted by molar-refractivity contribution is 0.279. The van der Waals surface area contributed by atoms with E-state index in [0.29, 0.717) is 9.99 Å². The topological polar surface area (TPSA) is 89.2 Å². The van der Waals surface area contributed by atoms with Crippen LogP contribution in [0.2, 0.25) is 0 Å². The molecule has 0 fully saturated rings. The minimum absolute atomic E-state index is 0.0277. The van der Waals surface area contributed by atoms with Gasteiger partial charge >= 0.3 is 0 Å². The number of aryl methyl sites for hydroxylation is 2. The number of hydrogen-bond donors (Lipinski definition) is 2. The monoisotopic (exact) mass is 488 g/mol. The number of nitrogens with zero attached hydrogens (tertiary/aromatic N) is 3. The summed E-state index contributed by atoms with van der Waals surface area (Å²) in [7, 11) is 1.30. The zero-order valence-electron chi connectivity index (χ0n) is 14.2. The van der Waals surface area contributed by atoms with Gasteiger partial charge in [0.1, 0.15) is 11.2 Å². The highest BCUT2D eigenvalue weighted by Crippen LogP contribution is 2.26. The number of pyridine rings is 1. The van der Waals surface area contributed by atoms with Crippen molar-refractivity contribution in [1.82, 2.24) is 14.1 Å². The molecule has 0 spiro atoms. The van der Waals surface area contributed by atoms with Crippen LogP contribution in [0, 0.1) is 15.2 Å². The zero-order valence-corrected chi connectivity index (χ0v) is 16.3. The molecule has 0 saturated carbocycles. The molecule has 2 aromatic heterocycles. The Hall–Kier alpha value is -2.34. The van der Waals surface area contributed by atoms with Crippen molar-refractivity contribution in [3.63, 3.8) is 0 Å². The van der Waals surface area contributed by atoms with Crippen molar-refractivity contribution in [2.24, 2.45) is 7.05 Å². The Morgan fingerprint density at radius 1 is 1.26 bits per heavy atom. The van der Waals surface area contributed by atoms with Gasteiger partial charge in [-0.25, -0.2) is 9.37 Å². The summed E-state index contributed by atoms with van der Waals surface area (Å²) in [5, 5.41) is 11.3. The molecular weight excluding hydrogens is 473 g/mol. The predicted octanol–water partition coefficient (Wildman–Crippen LogP) is 2.10. The van der Waals surface area contributed by atoms with Gasteiger partial charge in [-0.2, -0.15) is 4.39 Å². The van der Waals surface area contributed by atoms with E-state index in [4.69, 9.17) is 5.11 Å². The molecule has 142 valence electrons. The van der Waals surface area contributed by atoms with Gasteiger partial charge in [-0.3, -0.25) is 18.7 Å². The second-order valence-electron chi connectivity index (χ2n) is 5.82. The summed E-state index contributed by atoms with van der Waals surface area (Å²) >= 11 is 1.93. The molecule has 10 heteroatoms. The normalized spacial score (nSPS) is 11.1. The first-order valence-corrected chi connectivity index (χ1v) is 9.03. The summed E-state index contributed by atoms with van der Waals surface area (Å²) in [6, 6.07) is 4.23. The lowest BCUT2D eigenvalue weighted by Gasteiger charge is -2.14. The fourth-order valence-corrected chi connectivity index (χ4v) is 3.11. The van der Waals surface area contributed by atoms with E-state index in [9.17, 15) is 18.4 Å². The number of halogens is 3. The molecule has 0 amide bonds. The smallest absolute Gasteiger partial charge is 0.290 e. The third-order valence-corrected chi connectivity index (χ3v) is 4.72. The van der Waals surface area contributed by atoms with E-state index < -0.39 is 28.4 Å². The molecule has 2 heterocycles. The van der Waals surface area contributed by atoms with Gasteiger partial charge in [-0.15, -0.1) is 0 Å². The van der Waals surface area contributed by atoms with Crippen molar-refractivity contribution in [1.29, 1.82) is 0 Å². The van der Waals surface area contributed by atoms with Gasteiger partial charge in [0, 0.05) is 23.8 Å². The number of aliphatic hydroxyl groups is 1. The van der Waals surface area contributed by atoms with Gasteiger partial charge in [0.25, 0.3) is 11.1 Å². The lowest BCUT2D eigenvalue weighted by atomic mass is 10.2. The largest absolute Gasteiger partial charge is 0.396 e. The van der Waals surface area contributed by atoms with Crippen LogP contribution in [0.15, 0.2) is 34.1 Å². The average Bonchev–Trinajstić information content (AvgIpc) is 2.64. The maximum absolute atomic E-state index is 14.7. The number of rotatable bonds is 5. The van der Waals surface area contributed by atoms with Crippen LogP contribution in [0.5, 0.6) is 0 Å². The second-order valence-corrected chi connectivity index (χ2v) is 7.07. The molecule has 0 radical (unpaired) electrons. The zero-order chi connectivity index (χ0) is 19.7. The van der Waals surface area contributed by atoms with Crippen LogP contribution in [0.1, 0.15) is 6.42 Å². The number of aliphatic hydroxyl groups excluding tert-OH is 1. The highest BCUT2D eigenvalue weighted by Gasteiger charge is 2.21. The summed E-state index contributed by atoms with van der Waals surface area (Å²) in [5.41, 5.74) is -2.12. The Morgan fingerprint density at radius 3 is 2.67 bits per heavy atom. The van der Waals surface area contributed by atoms with Gasteiger partial charge in [0.15, 0.2) is 5.65 Å². The summed E-state index contributed by atoms with van der Waals surface area (Å²) in [5.74, 6) is -1.86. The van der Waals surface area contributed by atoms with Gasteiger partial charge in [-0.1, -0.05) is 0 Å². The van der Waals surface area contributed by atoms with Crippen LogP contribution in [0.3, 0.4) is 0 Å². The fourth-order valence-electron chi connectivity index (χ4n) is 2.66. The molecule has 0 unspecified atom stereocenters. The molecule has 0 saturated heterocycles. The molecule has 1 aromatic carbocycles. The van der Waals surface area contributed by atoms with Gasteiger partial charge in [0.2, 0.25) is 5.82 Å². The van der Waals surface area contributed by atoms with Crippen LogP contribution in [-0.4, -0.2) is 25.8 Å². The highest BCUT2D eigenvalue weighted by atomic mass is 127. The van der Waals surface area contributed by atoms with Crippen molar-refractivity contribution in [3.05, 3.63) is 60.4 Å². The van der Waals surface area contributed by atoms with Crippen molar-refractivity contribution in [3.8, 4) is 0 Å². The van der Waals surface area contributed by atoms with E-state index in [-0.39, 0.29) is 29.9 Å². The summed E-state index contributed by atoms with van der Waals surface area (Å²) < 4.78 is 31.7. The van der Waals surface area contributed by atoms with Crippen molar-refractivity contribution in [2.75, 3.05) is 11.9 Å². The van der Waals surface area contributed by atoms with Crippen LogP contribution >= 0.6 is 22.6 Å². The first-order chi connectivity index (χ1) is 12.8. The maximum atomic E-state index is 14.7. The number of fused-ring (bicyclic) bond motifs is 1. The van der Waals surface area contributed by atoms with E-state index in [1.165, 1.54) is 30.1 Å². The fraction of sp³-hybridized carbons (Fsp3) is 0.235. The molecule has 0 aliphatic carbocycles. The average molecular weight is 488 g/mol. The molecule has 3 rings (SSSR count). The molecule has 7 nitrogen and oxygen atoms in total. The van der Waals surface area contributed by atoms with Crippen molar-refractivity contribution < 1.29 is 13.9 Å². The Kier molecular flexibility index (Phi) is 5.56. The van der Waals surface area contributed by atoms with Gasteiger partial charge in [0.05, 0.1) is 17.7 Å². The minimum Gasteiger partial charge on any atom is -0.396 e. The molecule has 0 atom stereocenters. The number of hydrogen-bond acceptors (Lipinski definition) is 5. The van der Waals surface area contributed by atoms with E-state index in [1.54, 1.807) is 6.07 Å². The highest BCUT2D eigenvalue weighted by molar-refractivity contribution is 14.1. The molecule has 2 N–H and O–H groups in total. The minimum atomic E-state index is -1.21. The van der Waals surface area contributed by atoms with E-state index in [1.807, 2.05) is 22.6 Å². The standard InChI is InChI=1S/C17H15F2IN4O3/c1-23-15-12(16(26)24(8-21-15)5-2-6-25)14(13(19)17(23)27)22-11-4-3-9(20)7-10(11)18/h3-4,7-8,22,25H,2,5-6H2,1H3. The Balaban J connectivity index is 2.29. The molecule has 27 heavy (non-hydrogen) atoms. The number of aromatic nitrogens is 3. The summed E-state index contributed by atoms with van der Waals surface area (Å²) in [4.78, 5) is 29.1. The van der Waals surface area contributed by atoms with E-state index >= 15 is 0 Å². The van der Waals surface area contributed by atoms with E-state index in [2.05, 4.69) is 10.3 Å². The Labute approximate surface area is 165 Å². The number of anilines is 2. The predicted molar refractivity (Wildman–Crippen MR) is 105 cm³/mol. The Morgan fingerprint density at radius 2 is 2.00 bits per heavy atom. The number of benzene rings is 1. The molecular formula is C17H15F2IN4O3. The second kappa shape index (κ2) is 7.72. The first-order valence-electron chi connectivity index (χ1n) is 7.95. The van der Waals surface area contributed by atoms with Crippen LogP contribution < -0.4 is 16.4 Å². The summed E-state index contributed by atoms with van der Waals surface area (Å²) in [6.07, 6.45) is 1.53. The molecule has 0 bridgehead atoms. The van der Waals surface area contributed by atoms with Crippen LogP contribution in [0.25, 0.3) is 11.0 Å². The van der Waals surface area contributed by atoms with Crippen molar-refractivity contribution in [2.45, 2.75) is 13.0 Å². The number of nitrogens with one attached hydrogen (secondary N) is 1. The van der Waals surface area contributed by atoms with Crippen LogP contribution in [0.4, 0.5) is 20.2 Å². The maximum Gasteiger partial charge on any atom is 0.290 e. The quantitative estimate of drug-likeness (QED) is 0.538. The molecule has 0 aliphatic rings. The SMILES string of the molecule is Cn1c(=O)c(F)c(Nc2ccc(I)cc2F)c2c(=O)n(CCCO)cnc21. The van der Waals surface area contributed by atoms with Gasteiger partial charge in [-0.05, 0) is 47.2 Å². The molecule has 3 aromatic rings. The van der Waals surface area contributed by atoms with Gasteiger partial charge < -0.3 is 10.4 Å². The lowest BCUT2D eigenvalue weighted by Crippen LogP contribution is -2.29. The summed E-state index contributed by atoms with van der Waals surface area (Å²) in [6.45, 7) is 0.0329. The third-order valence-electron chi connectivity index (χ3n) is 4.05. The van der Waals surface area contributed by atoms with Crippen molar-refractivity contribution >= 4 is 45.0 Å². The van der Waals surface area contributed by atoms with Crippen LogP contribution in [-0.2, 0) is 13.6 Å². The Bertz CT molecular complexity index is 1140. The van der Waals surface area contributed by atoms with E-state index in [0.717, 1.165) is 4.57 Å². The first kappa shape index (κ1) is 19.4. The third kappa shape index (κ3) is 3.58. The molecule has 0 aliphatic heterocycles.